The molecule has 0 saturated heterocycles. The second-order valence-electron chi connectivity index (χ2n) is 4.03. The number of carbonyl (C=O) groups is 2. The Bertz CT molecular complexity index is 549. The minimum Gasteiger partial charge on any atom is -0.480 e. The van der Waals surface area contributed by atoms with Crippen LogP contribution in [-0.4, -0.2) is 35.1 Å². The number of benzene rings is 1. The summed E-state index contributed by atoms with van der Waals surface area (Å²) in [5.41, 5.74) is -0.970. The van der Waals surface area contributed by atoms with Gasteiger partial charge in [-0.2, -0.15) is 13.2 Å². The third kappa shape index (κ3) is 4.82. The van der Waals surface area contributed by atoms with Gasteiger partial charge in [-0.25, -0.2) is 4.79 Å². The zero-order valence-electron chi connectivity index (χ0n) is 10.9. The first-order valence-corrected chi connectivity index (χ1v) is 6.17. The molecule has 0 bridgehead atoms. The molecule has 0 spiro atoms. The van der Waals surface area contributed by atoms with Crippen molar-refractivity contribution in [3.8, 4) is 0 Å². The highest BCUT2D eigenvalue weighted by Crippen LogP contribution is 2.33. The Morgan fingerprint density at radius 1 is 1.38 bits per heavy atom. The van der Waals surface area contributed by atoms with Crippen LogP contribution < -0.4 is 5.32 Å². The maximum atomic E-state index is 12.5. The molecule has 21 heavy (non-hydrogen) atoms. The van der Waals surface area contributed by atoms with Gasteiger partial charge in [-0.05, 0) is 25.1 Å². The normalized spacial score (nSPS) is 11.1. The fourth-order valence-electron chi connectivity index (χ4n) is 1.48. The highest BCUT2D eigenvalue weighted by molar-refractivity contribution is 6.33. The largest absolute Gasteiger partial charge is 0.480 e. The Balaban J connectivity index is 2.88. The molecule has 0 radical (unpaired) electrons. The van der Waals surface area contributed by atoms with Crippen molar-refractivity contribution in [2.45, 2.75) is 13.1 Å². The number of nitrogens with zero attached hydrogens (tertiary/aromatic N) is 1. The van der Waals surface area contributed by atoms with E-state index in [1.165, 1.54) is 0 Å². The smallest absolute Gasteiger partial charge is 0.416 e. The summed E-state index contributed by atoms with van der Waals surface area (Å²) in [6.45, 7) is 1.16. The molecule has 0 saturated carbocycles. The summed E-state index contributed by atoms with van der Waals surface area (Å²) in [7, 11) is 0. The minimum absolute atomic E-state index is 0.0292. The number of anilines is 1. The van der Waals surface area contributed by atoms with E-state index in [4.69, 9.17) is 16.7 Å². The highest BCUT2D eigenvalue weighted by Gasteiger charge is 2.31. The summed E-state index contributed by atoms with van der Waals surface area (Å²) < 4.78 is 37.4. The van der Waals surface area contributed by atoms with Crippen molar-refractivity contribution in [3.05, 3.63) is 28.8 Å². The fraction of sp³-hybridized carbons (Fsp3) is 0.333. The molecule has 0 aliphatic carbocycles. The number of alkyl halides is 3. The van der Waals surface area contributed by atoms with Crippen LogP contribution in [0.5, 0.6) is 0 Å². The van der Waals surface area contributed by atoms with E-state index in [1.807, 2.05) is 0 Å². The van der Waals surface area contributed by atoms with Crippen molar-refractivity contribution in [1.29, 1.82) is 0 Å². The molecule has 0 aliphatic heterocycles. The van der Waals surface area contributed by atoms with Crippen molar-refractivity contribution in [3.63, 3.8) is 0 Å². The molecule has 1 rings (SSSR count). The second-order valence-corrected chi connectivity index (χ2v) is 4.44. The van der Waals surface area contributed by atoms with Crippen molar-refractivity contribution in [2.24, 2.45) is 0 Å². The summed E-state index contributed by atoms with van der Waals surface area (Å²) in [5, 5.41) is 10.6. The van der Waals surface area contributed by atoms with Crippen LogP contribution in [0.3, 0.4) is 0 Å². The van der Waals surface area contributed by atoms with Crippen molar-refractivity contribution in [2.75, 3.05) is 18.4 Å². The lowest BCUT2D eigenvalue weighted by Crippen LogP contribution is -2.38. The van der Waals surface area contributed by atoms with Crippen LogP contribution in [0.25, 0.3) is 0 Å². The predicted octanol–water partition coefficient (Wildman–Crippen LogP) is 3.30. The standard InChI is InChI=1S/C12H12ClF3N2O3/c1-2-18(6-10(19)20)11(21)17-9-4-3-7(5-8(9)13)12(14,15)16/h3-5H,2,6H2,1H3,(H,17,21)(H,19,20). The molecule has 5 nitrogen and oxygen atoms in total. The van der Waals surface area contributed by atoms with Gasteiger partial charge in [0.1, 0.15) is 6.54 Å². The van der Waals surface area contributed by atoms with Gasteiger partial charge in [0.05, 0.1) is 16.3 Å². The number of hydrogen-bond acceptors (Lipinski definition) is 2. The molecule has 1 aromatic rings. The third-order valence-corrected chi connectivity index (χ3v) is 2.85. The average Bonchev–Trinajstić information content (AvgIpc) is 2.36. The second kappa shape index (κ2) is 6.66. The molecule has 0 atom stereocenters. The molecule has 1 aromatic carbocycles. The van der Waals surface area contributed by atoms with Gasteiger partial charge in [0.2, 0.25) is 0 Å². The Labute approximate surface area is 123 Å². The maximum absolute atomic E-state index is 12.5. The van der Waals surface area contributed by atoms with Gasteiger partial charge in [0, 0.05) is 6.54 Å². The Hall–Kier alpha value is -1.96. The third-order valence-electron chi connectivity index (χ3n) is 2.53. The summed E-state index contributed by atoms with van der Waals surface area (Å²) in [4.78, 5) is 23.3. The predicted molar refractivity (Wildman–Crippen MR) is 70.4 cm³/mol. The van der Waals surface area contributed by atoms with Gasteiger partial charge in [-0.1, -0.05) is 11.6 Å². The van der Waals surface area contributed by atoms with Gasteiger partial charge >= 0.3 is 18.2 Å². The molecule has 9 heteroatoms. The number of carboxylic acids is 1. The summed E-state index contributed by atoms with van der Waals surface area (Å²) >= 11 is 5.68. The Morgan fingerprint density at radius 3 is 2.43 bits per heavy atom. The van der Waals surface area contributed by atoms with Crippen LogP contribution in [0.1, 0.15) is 12.5 Å². The lowest BCUT2D eigenvalue weighted by Gasteiger charge is -2.20. The van der Waals surface area contributed by atoms with E-state index in [2.05, 4.69) is 5.32 Å². The van der Waals surface area contributed by atoms with Gasteiger partial charge in [-0.3, -0.25) is 4.79 Å². The minimum atomic E-state index is -4.54. The molecule has 0 fully saturated rings. The number of carboxylic acid groups (broad SMARTS) is 1. The molecule has 0 aliphatic rings. The molecule has 116 valence electrons. The van der Waals surface area contributed by atoms with E-state index in [9.17, 15) is 22.8 Å². The first-order chi connectivity index (χ1) is 9.65. The van der Waals surface area contributed by atoms with E-state index < -0.39 is 30.3 Å². The van der Waals surface area contributed by atoms with Crippen LogP contribution in [0.4, 0.5) is 23.7 Å². The summed E-state index contributed by atoms with van der Waals surface area (Å²) in [5.74, 6) is -1.20. The van der Waals surface area contributed by atoms with Crippen molar-refractivity contribution in [1.82, 2.24) is 4.90 Å². The number of aliphatic carboxylic acids is 1. The lowest BCUT2D eigenvalue weighted by atomic mass is 10.2. The summed E-state index contributed by atoms with van der Waals surface area (Å²) in [6.07, 6.45) is -4.54. The zero-order valence-corrected chi connectivity index (χ0v) is 11.6. The topological polar surface area (TPSA) is 69.6 Å². The number of carbonyl (C=O) groups excluding carboxylic acids is 1. The van der Waals surface area contributed by atoms with Crippen LogP contribution in [0, 0.1) is 0 Å². The molecule has 0 unspecified atom stereocenters. The van der Waals surface area contributed by atoms with Crippen LogP contribution in [-0.2, 0) is 11.0 Å². The van der Waals surface area contributed by atoms with Gasteiger partial charge in [-0.15, -0.1) is 0 Å². The lowest BCUT2D eigenvalue weighted by molar-refractivity contribution is -0.138. The fourth-order valence-corrected chi connectivity index (χ4v) is 1.71. The first-order valence-electron chi connectivity index (χ1n) is 5.79. The van der Waals surface area contributed by atoms with Crippen molar-refractivity contribution >= 4 is 29.3 Å². The molecule has 0 aromatic heterocycles. The van der Waals surface area contributed by atoms with E-state index in [0.717, 1.165) is 17.0 Å². The first kappa shape index (κ1) is 17.1. The number of rotatable bonds is 4. The molecule has 0 heterocycles. The van der Waals surface area contributed by atoms with E-state index in [-0.39, 0.29) is 17.3 Å². The van der Waals surface area contributed by atoms with E-state index in [1.54, 1.807) is 6.92 Å². The summed E-state index contributed by atoms with van der Waals surface area (Å²) in [6, 6.07) is 1.71. The van der Waals surface area contributed by atoms with Crippen LogP contribution in [0.15, 0.2) is 18.2 Å². The highest BCUT2D eigenvalue weighted by atomic mass is 35.5. The number of hydrogen-bond donors (Lipinski definition) is 2. The van der Waals surface area contributed by atoms with Crippen LogP contribution in [0.2, 0.25) is 5.02 Å². The quantitative estimate of drug-likeness (QED) is 0.892. The number of halogens is 4. The molecular formula is C12H12ClF3N2O3. The van der Waals surface area contributed by atoms with Crippen LogP contribution >= 0.6 is 11.6 Å². The monoisotopic (exact) mass is 324 g/mol. The average molecular weight is 325 g/mol. The number of likely N-dealkylation sites (N-methyl/N-ethyl adjacent to an activating group) is 1. The van der Waals surface area contributed by atoms with Gasteiger partial charge in [0.25, 0.3) is 0 Å². The van der Waals surface area contributed by atoms with Crippen molar-refractivity contribution < 1.29 is 27.9 Å². The molecule has 2 N–H and O–H groups in total. The molecular weight excluding hydrogens is 313 g/mol. The Kier molecular flexibility index (Phi) is 5.42. The SMILES string of the molecule is CCN(CC(=O)O)C(=O)Nc1ccc(C(F)(F)F)cc1Cl. The number of urea groups is 1. The van der Waals surface area contributed by atoms with E-state index in [0.29, 0.717) is 6.07 Å². The maximum Gasteiger partial charge on any atom is 0.416 e. The zero-order chi connectivity index (χ0) is 16.2. The Morgan fingerprint density at radius 2 is 2.00 bits per heavy atom. The number of amides is 2. The van der Waals surface area contributed by atoms with Gasteiger partial charge in [0.15, 0.2) is 0 Å². The number of nitrogens with one attached hydrogen (secondary N) is 1. The van der Waals surface area contributed by atoms with E-state index >= 15 is 0 Å². The van der Waals surface area contributed by atoms with Gasteiger partial charge < -0.3 is 15.3 Å². The molecule has 2 amide bonds.